The second-order valence-corrected chi connectivity index (χ2v) is 6.91. The van der Waals surface area contributed by atoms with E-state index in [-0.39, 0.29) is 0 Å². The summed E-state index contributed by atoms with van der Waals surface area (Å²) in [4.78, 5) is 0. The van der Waals surface area contributed by atoms with Crippen LogP contribution >= 0.6 is 0 Å². The van der Waals surface area contributed by atoms with E-state index in [1.165, 1.54) is 5.56 Å². The SMILES string of the molecule is COc1ccc(/C=C(\C)c2cc(-c3ccccc3)cc(-c3ccccc3)[o+]2)cc1. The summed E-state index contributed by atoms with van der Waals surface area (Å²) in [6.07, 6.45) is 2.13. The van der Waals surface area contributed by atoms with Crippen molar-refractivity contribution in [1.82, 2.24) is 0 Å². The molecule has 29 heavy (non-hydrogen) atoms. The monoisotopic (exact) mass is 379 g/mol. The molecule has 2 nitrogen and oxygen atoms in total. The fraction of sp³-hybridized carbons (Fsp3) is 0.0741. The van der Waals surface area contributed by atoms with E-state index in [0.29, 0.717) is 0 Å². The zero-order chi connectivity index (χ0) is 20.1. The lowest BCUT2D eigenvalue weighted by Crippen LogP contribution is -1.88. The standard InChI is InChI=1S/C27H23O2/c1-20(17-21-13-15-25(28-2)16-14-21)26-18-24(22-9-5-3-6-10-22)19-27(29-26)23-11-7-4-8-12-23/h3-19H,1-2H3/q+1/b20-17+. The zero-order valence-corrected chi connectivity index (χ0v) is 16.6. The highest BCUT2D eigenvalue weighted by molar-refractivity contribution is 5.81. The van der Waals surface area contributed by atoms with Gasteiger partial charge in [0.2, 0.25) is 0 Å². The molecule has 0 spiro atoms. The normalized spacial score (nSPS) is 11.3. The van der Waals surface area contributed by atoms with Crippen LogP contribution in [0, 0.1) is 0 Å². The summed E-state index contributed by atoms with van der Waals surface area (Å²) in [5.74, 6) is 2.55. The minimum absolute atomic E-state index is 0.848. The van der Waals surface area contributed by atoms with Crippen LogP contribution in [0.15, 0.2) is 101 Å². The van der Waals surface area contributed by atoms with E-state index in [9.17, 15) is 0 Å². The highest BCUT2D eigenvalue weighted by Crippen LogP contribution is 2.31. The van der Waals surface area contributed by atoms with Gasteiger partial charge in [-0.2, -0.15) is 0 Å². The van der Waals surface area contributed by atoms with E-state index < -0.39 is 0 Å². The maximum Gasteiger partial charge on any atom is 0.361 e. The van der Waals surface area contributed by atoms with E-state index in [4.69, 9.17) is 9.15 Å². The highest BCUT2D eigenvalue weighted by atomic mass is 16.5. The summed E-state index contributed by atoms with van der Waals surface area (Å²) >= 11 is 0. The van der Waals surface area contributed by atoms with Crippen LogP contribution in [0.2, 0.25) is 0 Å². The number of rotatable bonds is 5. The fourth-order valence-corrected chi connectivity index (χ4v) is 3.26. The van der Waals surface area contributed by atoms with Gasteiger partial charge in [0.25, 0.3) is 0 Å². The molecule has 0 aliphatic heterocycles. The van der Waals surface area contributed by atoms with Crippen LogP contribution in [0.25, 0.3) is 34.1 Å². The molecular weight excluding hydrogens is 356 g/mol. The van der Waals surface area contributed by atoms with E-state index >= 15 is 0 Å². The van der Waals surface area contributed by atoms with Crippen molar-refractivity contribution in [3.63, 3.8) is 0 Å². The smallest absolute Gasteiger partial charge is 0.361 e. The molecule has 0 saturated heterocycles. The maximum absolute atomic E-state index is 6.31. The lowest BCUT2D eigenvalue weighted by molar-refractivity contribution is 0.415. The lowest BCUT2D eigenvalue weighted by atomic mass is 10.0. The predicted molar refractivity (Wildman–Crippen MR) is 121 cm³/mol. The van der Waals surface area contributed by atoms with E-state index in [1.54, 1.807) is 7.11 Å². The van der Waals surface area contributed by atoms with Gasteiger partial charge in [-0.05, 0) is 48.4 Å². The number of hydrogen-bond acceptors (Lipinski definition) is 1. The maximum atomic E-state index is 6.31. The molecular formula is C27H23O2+. The van der Waals surface area contributed by atoms with Gasteiger partial charge in [-0.15, -0.1) is 0 Å². The predicted octanol–water partition coefficient (Wildman–Crippen LogP) is 7.46. The number of hydrogen-bond donors (Lipinski definition) is 0. The van der Waals surface area contributed by atoms with Crippen molar-refractivity contribution in [2.75, 3.05) is 7.11 Å². The second kappa shape index (κ2) is 8.57. The topological polar surface area (TPSA) is 20.5 Å². The van der Waals surface area contributed by atoms with Crippen molar-refractivity contribution in [1.29, 1.82) is 0 Å². The molecule has 4 aromatic rings. The summed E-state index contributed by atoms with van der Waals surface area (Å²) < 4.78 is 11.6. The molecule has 4 rings (SSSR count). The first-order valence-electron chi connectivity index (χ1n) is 9.65. The third-order valence-electron chi connectivity index (χ3n) is 4.85. The van der Waals surface area contributed by atoms with Gasteiger partial charge < -0.3 is 4.74 Å². The Bertz CT molecular complexity index is 1050. The summed E-state index contributed by atoms with van der Waals surface area (Å²) in [6.45, 7) is 2.08. The molecule has 0 aliphatic carbocycles. The average Bonchev–Trinajstić information content (AvgIpc) is 2.80. The molecule has 0 amide bonds. The van der Waals surface area contributed by atoms with E-state index in [0.717, 1.165) is 39.5 Å². The Morgan fingerprint density at radius 1 is 0.724 bits per heavy atom. The van der Waals surface area contributed by atoms with Gasteiger partial charge in [0, 0.05) is 5.56 Å². The van der Waals surface area contributed by atoms with Crippen LogP contribution in [0.4, 0.5) is 0 Å². The number of methoxy groups -OCH3 is 1. The number of benzene rings is 3. The summed E-state index contributed by atoms with van der Waals surface area (Å²) in [5, 5.41) is 0. The molecule has 1 aromatic heterocycles. The van der Waals surface area contributed by atoms with E-state index in [2.05, 4.69) is 61.5 Å². The molecule has 0 N–H and O–H groups in total. The Balaban J connectivity index is 1.80. The van der Waals surface area contributed by atoms with Crippen molar-refractivity contribution in [3.05, 3.63) is 108 Å². The quantitative estimate of drug-likeness (QED) is 0.335. The third kappa shape index (κ3) is 4.44. The molecule has 142 valence electrons. The molecule has 0 radical (unpaired) electrons. The van der Waals surface area contributed by atoms with Crippen LogP contribution in [0.1, 0.15) is 18.2 Å². The largest absolute Gasteiger partial charge is 0.497 e. The first-order chi connectivity index (χ1) is 14.2. The molecule has 3 aromatic carbocycles. The Kier molecular flexibility index (Phi) is 5.53. The summed E-state index contributed by atoms with van der Waals surface area (Å²) in [7, 11) is 1.68. The average molecular weight is 379 g/mol. The van der Waals surface area contributed by atoms with Gasteiger partial charge in [-0.25, -0.2) is 4.42 Å². The molecule has 0 saturated carbocycles. The highest BCUT2D eigenvalue weighted by Gasteiger charge is 2.20. The second-order valence-electron chi connectivity index (χ2n) is 6.91. The van der Waals surface area contributed by atoms with Crippen molar-refractivity contribution in [3.8, 4) is 28.2 Å². The van der Waals surface area contributed by atoms with Crippen LogP contribution < -0.4 is 4.74 Å². The minimum atomic E-state index is 0.848. The van der Waals surface area contributed by atoms with Crippen LogP contribution in [0.3, 0.4) is 0 Å². The molecule has 1 heterocycles. The molecule has 0 unspecified atom stereocenters. The fourth-order valence-electron chi connectivity index (χ4n) is 3.26. The Morgan fingerprint density at radius 3 is 1.97 bits per heavy atom. The Morgan fingerprint density at radius 2 is 1.34 bits per heavy atom. The molecule has 0 fully saturated rings. The summed E-state index contributed by atoms with van der Waals surface area (Å²) in [6, 6.07) is 32.8. The van der Waals surface area contributed by atoms with Gasteiger partial charge in [-0.3, -0.25) is 0 Å². The van der Waals surface area contributed by atoms with Crippen molar-refractivity contribution < 1.29 is 9.15 Å². The van der Waals surface area contributed by atoms with Gasteiger partial charge >= 0.3 is 11.5 Å². The van der Waals surface area contributed by atoms with Gasteiger partial charge in [0.15, 0.2) is 0 Å². The first kappa shape index (κ1) is 18.7. The molecule has 2 heteroatoms. The minimum Gasteiger partial charge on any atom is -0.497 e. The third-order valence-corrected chi connectivity index (χ3v) is 4.85. The Labute approximate surface area is 171 Å². The van der Waals surface area contributed by atoms with Crippen LogP contribution in [0.5, 0.6) is 5.75 Å². The number of ether oxygens (including phenoxy) is 1. The number of allylic oxidation sites excluding steroid dienone is 1. The lowest BCUT2D eigenvalue weighted by Gasteiger charge is -2.03. The molecule has 0 bridgehead atoms. The molecule has 0 aliphatic rings. The Hall–Kier alpha value is -3.65. The first-order valence-corrected chi connectivity index (χ1v) is 9.65. The van der Waals surface area contributed by atoms with Crippen LogP contribution in [-0.2, 0) is 0 Å². The van der Waals surface area contributed by atoms with Gasteiger partial charge in [0.05, 0.1) is 30.4 Å². The van der Waals surface area contributed by atoms with Gasteiger partial charge in [0.1, 0.15) is 5.75 Å². The zero-order valence-electron chi connectivity index (χ0n) is 16.6. The summed E-state index contributed by atoms with van der Waals surface area (Å²) in [5.41, 5.74) is 5.52. The van der Waals surface area contributed by atoms with Gasteiger partial charge in [-0.1, -0.05) is 60.7 Å². The van der Waals surface area contributed by atoms with E-state index in [1.807, 2.05) is 48.5 Å². The van der Waals surface area contributed by atoms with Crippen molar-refractivity contribution in [2.24, 2.45) is 0 Å². The molecule has 0 atom stereocenters. The van der Waals surface area contributed by atoms with Crippen molar-refractivity contribution >= 4 is 11.6 Å². The van der Waals surface area contributed by atoms with Crippen molar-refractivity contribution in [2.45, 2.75) is 6.92 Å². The van der Waals surface area contributed by atoms with Crippen LogP contribution in [-0.4, -0.2) is 7.11 Å².